The maximum absolute atomic E-state index is 11.7. The molecule has 2 unspecified atom stereocenters. The van der Waals surface area contributed by atoms with Crippen molar-refractivity contribution in [3.8, 4) is 0 Å². The van der Waals surface area contributed by atoms with Crippen LogP contribution >= 0.6 is 11.6 Å². The highest BCUT2D eigenvalue weighted by molar-refractivity contribution is 6.33. The van der Waals surface area contributed by atoms with Crippen LogP contribution in [0, 0.1) is 11.8 Å². The Balaban J connectivity index is 2.33. The van der Waals surface area contributed by atoms with Gasteiger partial charge in [0.05, 0.1) is 11.2 Å². The van der Waals surface area contributed by atoms with Gasteiger partial charge in [-0.1, -0.05) is 25.4 Å². The fourth-order valence-corrected chi connectivity index (χ4v) is 2.76. The van der Waals surface area contributed by atoms with E-state index in [9.17, 15) is 4.79 Å². The summed E-state index contributed by atoms with van der Waals surface area (Å²) < 4.78 is 0. The summed E-state index contributed by atoms with van der Waals surface area (Å²) in [5, 5.41) is 6.55. The van der Waals surface area contributed by atoms with E-state index in [4.69, 9.17) is 11.6 Å². The molecule has 1 N–H and O–H groups in total. The Bertz CT molecular complexity index is 421. The lowest BCUT2D eigenvalue weighted by atomic mass is 9.92. The predicted molar refractivity (Wildman–Crippen MR) is 65.0 cm³/mol. The molecule has 4 nitrogen and oxygen atoms in total. The van der Waals surface area contributed by atoms with Crippen molar-refractivity contribution in [2.24, 2.45) is 11.8 Å². The minimum Gasteiger partial charge on any atom is -0.365 e. The zero-order valence-corrected chi connectivity index (χ0v) is 10.3. The van der Waals surface area contributed by atoms with Gasteiger partial charge in [0.2, 0.25) is 0 Å². The van der Waals surface area contributed by atoms with E-state index >= 15 is 0 Å². The van der Waals surface area contributed by atoms with Crippen LogP contribution in [0.3, 0.4) is 0 Å². The Morgan fingerprint density at radius 1 is 1.44 bits per heavy atom. The zero-order chi connectivity index (χ0) is 11.7. The van der Waals surface area contributed by atoms with E-state index < -0.39 is 0 Å². The van der Waals surface area contributed by atoms with E-state index in [1.165, 1.54) is 12.6 Å². The fourth-order valence-electron chi connectivity index (χ4n) is 2.51. The molecule has 5 heteroatoms. The monoisotopic (exact) mass is 241 g/mol. The van der Waals surface area contributed by atoms with Gasteiger partial charge in [0.25, 0.3) is 5.56 Å². The van der Waals surface area contributed by atoms with Crippen LogP contribution < -0.4 is 10.5 Å². The summed E-state index contributed by atoms with van der Waals surface area (Å²) in [5.41, 5.74) is 0.365. The van der Waals surface area contributed by atoms with Crippen LogP contribution in [-0.2, 0) is 0 Å². The molecule has 1 aliphatic rings. The van der Waals surface area contributed by atoms with Crippen LogP contribution in [0.4, 0.5) is 5.69 Å². The number of hydrogen-bond acceptors (Lipinski definition) is 3. The average Bonchev–Trinajstić information content (AvgIpc) is 2.15. The molecule has 2 rings (SSSR count). The zero-order valence-electron chi connectivity index (χ0n) is 9.53. The molecule has 1 aromatic heterocycles. The van der Waals surface area contributed by atoms with Gasteiger partial charge >= 0.3 is 0 Å². The average molecular weight is 242 g/mol. The molecule has 0 aliphatic carbocycles. The minimum atomic E-state index is -0.200. The summed E-state index contributed by atoms with van der Waals surface area (Å²) in [7, 11) is 0. The van der Waals surface area contributed by atoms with Gasteiger partial charge in [-0.25, -0.2) is 5.10 Å². The second-order valence-electron chi connectivity index (χ2n) is 4.75. The summed E-state index contributed by atoms with van der Waals surface area (Å²) in [4.78, 5) is 13.8. The molecule has 1 aliphatic heterocycles. The third kappa shape index (κ3) is 2.21. The molecule has 2 heterocycles. The second kappa shape index (κ2) is 4.45. The molecule has 1 fully saturated rings. The lowest BCUT2D eigenvalue weighted by molar-refractivity contribution is 0.356. The fraction of sp³-hybridized carbons (Fsp3) is 0.636. The van der Waals surface area contributed by atoms with Gasteiger partial charge in [-0.3, -0.25) is 4.79 Å². The standard InChI is InChI=1S/C11H16ClN3O/c1-7-3-8(2)6-15(5-7)10-9(12)4-13-14-11(10)16/h4,7-8H,3,5-6H2,1-2H3,(H,14,16). The van der Waals surface area contributed by atoms with Crippen molar-refractivity contribution in [3.63, 3.8) is 0 Å². The van der Waals surface area contributed by atoms with Crippen LogP contribution in [0.2, 0.25) is 5.02 Å². The van der Waals surface area contributed by atoms with E-state index in [0.29, 0.717) is 22.5 Å². The van der Waals surface area contributed by atoms with Crippen LogP contribution in [0.5, 0.6) is 0 Å². The van der Waals surface area contributed by atoms with Gasteiger partial charge in [-0.15, -0.1) is 0 Å². The molecule has 0 spiro atoms. The summed E-state index contributed by atoms with van der Waals surface area (Å²) in [6.07, 6.45) is 2.69. The topological polar surface area (TPSA) is 49.0 Å². The van der Waals surface area contributed by atoms with Gasteiger partial charge < -0.3 is 4.90 Å². The second-order valence-corrected chi connectivity index (χ2v) is 5.15. The number of nitrogens with zero attached hydrogens (tertiary/aromatic N) is 2. The molecule has 0 amide bonds. The maximum atomic E-state index is 11.7. The van der Waals surface area contributed by atoms with E-state index in [-0.39, 0.29) is 5.56 Å². The molecule has 0 aromatic carbocycles. The van der Waals surface area contributed by atoms with Gasteiger partial charge in [0.1, 0.15) is 5.69 Å². The number of piperidine rings is 1. The molecule has 1 aromatic rings. The molecule has 0 radical (unpaired) electrons. The number of rotatable bonds is 1. The first-order valence-corrected chi connectivity index (χ1v) is 5.94. The van der Waals surface area contributed by atoms with E-state index in [1.54, 1.807) is 0 Å². The number of aromatic nitrogens is 2. The Morgan fingerprint density at radius 3 is 2.62 bits per heavy atom. The third-order valence-corrected chi connectivity index (χ3v) is 3.25. The first kappa shape index (κ1) is 11.5. The maximum Gasteiger partial charge on any atom is 0.289 e. The first-order valence-electron chi connectivity index (χ1n) is 5.56. The van der Waals surface area contributed by atoms with Crippen molar-refractivity contribution in [1.29, 1.82) is 0 Å². The molecule has 2 atom stereocenters. The first-order chi connectivity index (χ1) is 7.58. The van der Waals surface area contributed by atoms with Crippen LogP contribution in [0.15, 0.2) is 11.0 Å². The van der Waals surface area contributed by atoms with Crippen molar-refractivity contribution in [3.05, 3.63) is 21.6 Å². The number of H-pyrrole nitrogens is 1. The highest BCUT2D eigenvalue weighted by atomic mass is 35.5. The van der Waals surface area contributed by atoms with Crippen molar-refractivity contribution in [2.45, 2.75) is 20.3 Å². The molecule has 1 saturated heterocycles. The van der Waals surface area contributed by atoms with E-state index in [0.717, 1.165) is 13.1 Å². The van der Waals surface area contributed by atoms with Crippen molar-refractivity contribution < 1.29 is 0 Å². The van der Waals surface area contributed by atoms with Gasteiger partial charge in [0, 0.05) is 13.1 Å². The largest absolute Gasteiger partial charge is 0.365 e. The Labute approximate surface area is 99.6 Å². The highest BCUT2D eigenvalue weighted by Gasteiger charge is 2.25. The predicted octanol–water partition coefficient (Wildman–Crippen LogP) is 1.91. The number of anilines is 1. The quantitative estimate of drug-likeness (QED) is 0.817. The Kier molecular flexibility index (Phi) is 3.19. The van der Waals surface area contributed by atoms with Gasteiger partial charge in [0.15, 0.2) is 0 Å². The van der Waals surface area contributed by atoms with Crippen LogP contribution in [0.25, 0.3) is 0 Å². The third-order valence-electron chi connectivity index (χ3n) is 2.97. The number of halogens is 1. The molecule has 16 heavy (non-hydrogen) atoms. The minimum absolute atomic E-state index is 0.200. The molecular weight excluding hydrogens is 226 g/mol. The number of nitrogens with one attached hydrogen (secondary N) is 1. The number of aromatic amines is 1. The smallest absolute Gasteiger partial charge is 0.289 e. The van der Waals surface area contributed by atoms with Crippen molar-refractivity contribution >= 4 is 17.3 Å². The molecule has 0 bridgehead atoms. The normalized spacial score (nSPS) is 25.8. The lowest BCUT2D eigenvalue weighted by Gasteiger charge is -2.36. The van der Waals surface area contributed by atoms with E-state index in [1.807, 2.05) is 0 Å². The van der Waals surface area contributed by atoms with E-state index in [2.05, 4.69) is 28.9 Å². The highest BCUT2D eigenvalue weighted by Crippen LogP contribution is 2.27. The number of hydrogen-bond donors (Lipinski definition) is 1. The van der Waals surface area contributed by atoms with Crippen molar-refractivity contribution in [2.75, 3.05) is 18.0 Å². The Hall–Kier alpha value is -1.03. The molecule has 0 saturated carbocycles. The Morgan fingerprint density at radius 2 is 2.06 bits per heavy atom. The van der Waals surface area contributed by atoms with Crippen molar-refractivity contribution in [1.82, 2.24) is 10.2 Å². The summed E-state index contributed by atoms with van der Waals surface area (Å²) in [5.74, 6) is 1.18. The SMILES string of the molecule is CC1CC(C)CN(c2c(Cl)cn[nH]c2=O)C1. The van der Waals surface area contributed by atoms with Crippen LogP contribution in [0.1, 0.15) is 20.3 Å². The summed E-state index contributed by atoms with van der Waals surface area (Å²) >= 11 is 6.03. The van der Waals surface area contributed by atoms with Gasteiger partial charge in [-0.05, 0) is 18.3 Å². The lowest BCUT2D eigenvalue weighted by Crippen LogP contribution is -2.41. The molecular formula is C11H16ClN3O. The summed E-state index contributed by atoms with van der Waals surface area (Å²) in [6, 6.07) is 0. The summed E-state index contributed by atoms with van der Waals surface area (Å²) in [6.45, 7) is 6.17. The molecule has 88 valence electrons. The van der Waals surface area contributed by atoms with Gasteiger partial charge in [-0.2, -0.15) is 5.10 Å². The van der Waals surface area contributed by atoms with Crippen LogP contribution in [-0.4, -0.2) is 23.3 Å².